The highest BCUT2D eigenvalue weighted by atomic mass is 127. The fourth-order valence-electron chi connectivity index (χ4n) is 1.40. The first-order valence-corrected chi connectivity index (χ1v) is 6.95. The SMILES string of the molecule is COc1cccc(Sc2ccc(I)cc2N)c1. The zero-order valence-corrected chi connectivity index (χ0v) is 12.3. The summed E-state index contributed by atoms with van der Waals surface area (Å²) in [4.78, 5) is 2.19. The van der Waals surface area contributed by atoms with Crippen LogP contribution in [0.1, 0.15) is 0 Å². The second kappa shape index (κ2) is 5.64. The van der Waals surface area contributed by atoms with Crippen LogP contribution in [0, 0.1) is 3.57 Å². The molecule has 0 aliphatic carbocycles. The third-order valence-corrected chi connectivity index (χ3v) is 3.99. The number of nitrogens with two attached hydrogens (primary N) is 1. The van der Waals surface area contributed by atoms with Crippen LogP contribution in [0.4, 0.5) is 5.69 Å². The lowest BCUT2D eigenvalue weighted by Crippen LogP contribution is -1.89. The Kier molecular flexibility index (Phi) is 4.17. The van der Waals surface area contributed by atoms with Crippen molar-refractivity contribution in [2.24, 2.45) is 0 Å². The first-order valence-electron chi connectivity index (χ1n) is 5.06. The van der Waals surface area contributed by atoms with Gasteiger partial charge in [0.15, 0.2) is 0 Å². The number of rotatable bonds is 3. The summed E-state index contributed by atoms with van der Waals surface area (Å²) < 4.78 is 6.34. The summed E-state index contributed by atoms with van der Waals surface area (Å²) in [5.41, 5.74) is 6.79. The number of anilines is 1. The predicted octanol–water partition coefficient (Wildman–Crippen LogP) is 4.03. The molecule has 0 unspecified atom stereocenters. The highest BCUT2D eigenvalue weighted by Crippen LogP contribution is 2.34. The molecule has 0 aliphatic heterocycles. The fraction of sp³-hybridized carbons (Fsp3) is 0.0769. The fourth-order valence-corrected chi connectivity index (χ4v) is 2.81. The van der Waals surface area contributed by atoms with Gasteiger partial charge in [0.1, 0.15) is 5.75 Å². The zero-order valence-electron chi connectivity index (χ0n) is 9.31. The van der Waals surface area contributed by atoms with E-state index in [2.05, 4.69) is 28.7 Å². The quantitative estimate of drug-likeness (QED) is 0.665. The molecule has 17 heavy (non-hydrogen) atoms. The molecule has 2 nitrogen and oxygen atoms in total. The Morgan fingerprint density at radius 1 is 1.18 bits per heavy atom. The van der Waals surface area contributed by atoms with Gasteiger partial charge in [-0.15, -0.1) is 0 Å². The van der Waals surface area contributed by atoms with Crippen molar-refractivity contribution in [2.45, 2.75) is 9.79 Å². The molecule has 2 aromatic rings. The number of ether oxygens (including phenoxy) is 1. The average Bonchev–Trinajstić information content (AvgIpc) is 2.33. The van der Waals surface area contributed by atoms with Gasteiger partial charge in [-0.3, -0.25) is 0 Å². The number of nitrogen functional groups attached to an aromatic ring is 1. The Labute approximate surface area is 119 Å². The van der Waals surface area contributed by atoms with Crippen molar-refractivity contribution in [1.82, 2.24) is 0 Å². The molecule has 0 amide bonds. The van der Waals surface area contributed by atoms with E-state index in [0.29, 0.717) is 0 Å². The Balaban J connectivity index is 2.25. The van der Waals surface area contributed by atoms with Gasteiger partial charge in [-0.1, -0.05) is 17.8 Å². The summed E-state index contributed by atoms with van der Waals surface area (Å²) in [6.07, 6.45) is 0. The Hall–Kier alpha value is -0.880. The molecule has 0 radical (unpaired) electrons. The van der Waals surface area contributed by atoms with E-state index in [-0.39, 0.29) is 0 Å². The van der Waals surface area contributed by atoms with Crippen molar-refractivity contribution in [3.05, 3.63) is 46.0 Å². The van der Waals surface area contributed by atoms with E-state index in [9.17, 15) is 0 Å². The zero-order chi connectivity index (χ0) is 12.3. The van der Waals surface area contributed by atoms with Crippen LogP contribution in [0.3, 0.4) is 0 Å². The van der Waals surface area contributed by atoms with Crippen molar-refractivity contribution < 1.29 is 4.74 Å². The summed E-state index contributed by atoms with van der Waals surface area (Å²) in [6.45, 7) is 0. The molecule has 0 saturated carbocycles. The van der Waals surface area contributed by atoms with E-state index < -0.39 is 0 Å². The minimum absolute atomic E-state index is 0.810. The smallest absolute Gasteiger partial charge is 0.119 e. The van der Waals surface area contributed by atoms with Gasteiger partial charge in [0, 0.05) is 19.0 Å². The van der Waals surface area contributed by atoms with E-state index in [1.807, 2.05) is 36.4 Å². The first-order chi connectivity index (χ1) is 8.19. The van der Waals surface area contributed by atoms with Crippen LogP contribution in [0.5, 0.6) is 5.75 Å². The van der Waals surface area contributed by atoms with Crippen molar-refractivity contribution in [1.29, 1.82) is 0 Å². The summed E-state index contributed by atoms with van der Waals surface area (Å²) in [7, 11) is 1.67. The van der Waals surface area contributed by atoms with Gasteiger partial charge in [-0.2, -0.15) is 0 Å². The third-order valence-electron chi connectivity index (χ3n) is 2.24. The van der Waals surface area contributed by atoms with Crippen LogP contribution in [0.15, 0.2) is 52.3 Å². The van der Waals surface area contributed by atoms with E-state index in [0.717, 1.165) is 24.8 Å². The van der Waals surface area contributed by atoms with Crippen LogP contribution in [-0.2, 0) is 0 Å². The van der Waals surface area contributed by atoms with E-state index >= 15 is 0 Å². The molecule has 0 atom stereocenters. The molecular formula is C13H12INOS. The predicted molar refractivity (Wildman–Crippen MR) is 80.7 cm³/mol. The van der Waals surface area contributed by atoms with Crippen LogP contribution in [-0.4, -0.2) is 7.11 Å². The molecule has 0 aromatic heterocycles. The monoisotopic (exact) mass is 357 g/mol. The molecule has 4 heteroatoms. The summed E-state index contributed by atoms with van der Waals surface area (Å²) in [5.74, 6) is 0.860. The highest BCUT2D eigenvalue weighted by Gasteiger charge is 2.03. The van der Waals surface area contributed by atoms with Crippen LogP contribution in [0.25, 0.3) is 0 Å². The maximum Gasteiger partial charge on any atom is 0.119 e. The number of halogens is 1. The molecular weight excluding hydrogens is 345 g/mol. The van der Waals surface area contributed by atoms with Crippen LogP contribution < -0.4 is 10.5 Å². The molecule has 0 spiro atoms. The second-order valence-corrected chi connectivity index (χ2v) is 5.82. The molecule has 0 fully saturated rings. The molecule has 0 aliphatic rings. The minimum Gasteiger partial charge on any atom is -0.497 e. The summed E-state index contributed by atoms with van der Waals surface area (Å²) in [6, 6.07) is 14.0. The van der Waals surface area contributed by atoms with Crippen molar-refractivity contribution in [2.75, 3.05) is 12.8 Å². The molecule has 88 valence electrons. The summed E-state index contributed by atoms with van der Waals surface area (Å²) >= 11 is 3.90. The number of benzene rings is 2. The van der Waals surface area contributed by atoms with Gasteiger partial charge in [-0.25, -0.2) is 0 Å². The van der Waals surface area contributed by atoms with E-state index in [1.165, 1.54) is 0 Å². The average molecular weight is 357 g/mol. The summed E-state index contributed by atoms with van der Waals surface area (Å²) in [5, 5.41) is 0. The maximum absolute atomic E-state index is 5.98. The molecule has 2 N–H and O–H groups in total. The van der Waals surface area contributed by atoms with Gasteiger partial charge < -0.3 is 10.5 Å². The van der Waals surface area contributed by atoms with Gasteiger partial charge in [0.2, 0.25) is 0 Å². The van der Waals surface area contributed by atoms with Crippen molar-refractivity contribution in [3.8, 4) is 5.75 Å². The largest absolute Gasteiger partial charge is 0.497 e. The van der Waals surface area contributed by atoms with Crippen molar-refractivity contribution >= 4 is 40.0 Å². The van der Waals surface area contributed by atoms with Gasteiger partial charge >= 0.3 is 0 Å². The second-order valence-electron chi connectivity index (χ2n) is 3.46. The lowest BCUT2D eigenvalue weighted by atomic mass is 10.3. The van der Waals surface area contributed by atoms with Gasteiger partial charge in [0.25, 0.3) is 0 Å². The Morgan fingerprint density at radius 3 is 2.71 bits per heavy atom. The number of hydrogen-bond donors (Lipinski definition) is 1. The Morgan fingerprint density at radius 2 is 2.00 bits per heavy atom. The van der Waals surface area contributed by atoms with Crippen LogP contribution >= 0.6 is 34.4 Å². The highest BCUT2D eigenvalue weighted by molar-refractivity contribution is 14.1. The van der Waals surface area contributed by atoms with Crippen LogP contribution in [0.2, 0.25) is 0 Å². The standard InChI is InChI=1S/C13H12INOS/c1-16-10-3-2-4-11(8-10)17-13-6-5-9(14)7-12(13)15/h2-8H,15H2,1H3. The molecule has 2 aromatic carbocycles. The molecule has 0 saturated heterocycles. The molecule has 0 bridgehead atoms. The molecule has 2 rings (SSSR count). The lowest BCUT2D eigenvalue weighted by Gasteiger charge is -2.07. The normalized spacial score (nSPS) is 10.2. The minimum atomic E-state index is 0.810. The van der Waals surface area contributed by atoms with Gasteiger partial charge in [-0.05, 0) is 59.0 Å². The first kappa shape index (κ1) is 12.6. The van der Waals surface area contributed by atoms with Crippen molar-refractivity contribution in [3.63, 3.8) is 0 Å². The lowest BCUT2D eigenvalue weighted by molar-refractivity contribution is 0.413. The Bertz CT molecular complexity index is 531. The van der Waals surface area contributed by atoms with Gasteiger partial charge in [0.05, 0.1) is 7.11 Å². The number of hydrogen-bond acceptors (Lipinski definition) is 3. The number of methoxy groups -OCH3 is 1. The van der Waals surface area contributed by atoms with E-state index in [4.69, 9.17) is 10.5 Å². The topological polar surface area (TPSA) is 35.2 Å². The maximum atomic E-state index is 5.98. The third kappa shape index (κ3) is 3.29. The molecule has 0 heterocycles. The van der Waals surface area contributed by atoms with E-state index in [1.54, 1.807) is 18.9 Å².